The largest absolute Gasteiger partial charge is 0.486 e. The fourth-order valence-corrected chi connectivity index (χ4v) is 4.86. The summed E-state index contributed by atoms with van der Waals surface area (Å²) in [5, 5.41) is -0.430. The van der Waals surface area contributed by atoms with Crippen LogP contribution in [0.3, 0.4) is 0 Å². The van der Waals surface area contributed by atoms with Crippen molar-refractivity contribution in [2.45, 2.75) is 0 Å². The van der Waals surface area contributed by atoms with Gasteiger partial charge >= 0.3 is 0 Å². The minimum absolute atomic E-state index is 0.217. The first-order valence-electron chi connectivity index (χ1n) is 10.8. The topological polar surface area (TPSA) is 79.4 Å². The molecule has 170 valence electrons. The smallest absolute Gasteiger partial charge is 0.294 e. The van der Waals surface area contributed by atoms with E-state index in [0.717, 1.165) is 27.9 Å². The van der Waals surface area contributed by atoms with Crippen molar-refractivity contribution in [2.24, 2.45) is 0 Å². The summed E-state index contributed by atoms with van der Waals surface area (Å²) in [4.78, 5) is 43.4. The molecule has 3 aliphatic heterocycles. The maximum Gasteiger partial charge on any atom is 0.294 e. The highest BCUT2D eigenvalue weighted by atomic mass is 32.2. The van der Waals surface area contributed by atoms with Gasteiger partial charge < -0.3 is 19.3 Å². The molecular weight excluding hydrogens is 442 g/mol. The zero-order valence-corrected chi connectivity index (χ0v) is 18.8. The van der Waals surface area contributed by atoms with E-state index in [1.165, 1.54) is 0 Å². The van der Waals surface area contributed by atoms with Gasteiger partial charge in [0.05, 0.1) is 4.91 Å². The van der Waals surface area contributed by atoms with E-state index in [1.807, 2.05) is 30.3 Å². The number of ether oxygens (including phenoxy) is 2. The van der Waals surface area contributed by atoms with Crippen molar-refractivity contribution >= 4 is 40.6 Å². The van der Waals surface area contributed by atoms with Crippen LogP contribution in [-0.4, -0.2) is 72.8 Å². The van der Waals surface area contributed by atoms with Crippen molar-refractivity contribution in [3.8, 4) is 11.5 Å². The van der Waals surface area contributed by atoms with Crippen LogP contribution in [0.5, 0.6) is 11.5 Å². The quantitative estimate of drug-likeness (QED) is 0.643. The fraction of sp³-hybridized carbons (Fsp3) is 0.292. The normalized spacial score (nSPS) is 19.4. The summed E-state index contributed by atoms with van der Waals surface area (Å²) >= 11 is 0.848. The molecule has 0 saturated carbocycles. The molecule has 2 saturated heterocycles. The number of carbonyl (C=O) groups excluding carboxylic acids is 3. The van der Waals surface area contributed by atoms with Gasteiger partial charge in [0, 0.05) is 31.9 Å². The second-order valence-electron chi connectivity index (χ2n) is 7.87. The molecule has 0 spiro atoms. The Balaban J connectivity index is 1.21. The molecule has 33 heavy (non-hydrogen) atoms. The molecule has 0 aliphatic carbocycles. The molecular formula is C24H23N3O5S. The number of para-hydroxylation sites is 1. The van der Waals surface area contributed by atoms with Gasteiger partial charge in [0.25, 0.3) is 11.1 Å². The minimum atomic E-state index is -0.448. The second kappa shape index (κ2) is 9.19. The molecule has 3 aliphatic rings. The van der Waals surface area contributed by atoms with E-state index in [0.29, 0.717) is 55.8 Å². The SMILES string of the molecule is O=C(CN1C(=O)S/C(=C/c2ccc3c(c2)OCCO3)C1=O)N1CCN(c2ccccc2)CC1. The first-order valence-corrected chi connectivity index (χ1v) is 11.6. The molecule has 3 heterocycles. The lowest BCUT2D eigenvalue weighted by atomic mass is 10.1. The van der Waals surface area contributed by atoms with Crippen LogP contribution < -0.4 is 14.4 Å². The predicted octanol–water partition coefficient (Wildman–Crippen LogP) is 2.84. The second-order valence-corrected chi connectivity index (χ2v) is 8.87. The lowest BCUT2D eigenvalue weighted by molar-refractivity contribution is -0.136. The van der Waals surface area contributed by atoms with Crippen LogP contribution in [-0.2, 0) is 9.59 Å². The highest BCUT2D eigenvalue weighted by Gasteiger charge is 2.37. The zero-order valence-electron chi connectivity index (χ0n) is 17.9. The van der Waals surface area contributed by atoms with Crippen LogP contribution in [0.2, 0.25) is 0 Å². The molecule has 2 fully saturated rings. The summed E-state index contributed by atoms with van der Waals surface area (Å²) in [7, 11) is 0. The predicted molar refractivity (Wildman–Crippen MR) is 125 cm³/mol. The Morgan fingerprint density at radius 3 is 2.42 bits per heavy atom. The summed E-state index contributed by atoms with van der Waals surface area (Å²) in [6, 6.07) is 15.4. The number of anilines is 1. The average molecular weight is 466 g/mol. The molecule has 2 aromatic rings. The Hall–Kier alpha value is -3.46. The Bertz CT molecular complexity index is 1110. The number of rotatable bonds is 4. The van der Waals surface area contributed by atoms with Crippen molar-refractivity contribution in [2.75, 3.05) is 50.8 Å². The van der Waals surface area contributed by atoms with E-state index in [-0.39, 0.29) is 12.5 Å². The third kappa shape index (κ3) is 4.54. The number of piperazine rings is 1. The number of carbonyl (C=O) groups is 3. The molecule has 0 atom stereocenters. The summed E-state index contributed by atoms with van der Waals surface area (Å²) in [6.07, 6.45) is 1.65. The highest BCUT2D eigenvalue weighted by molar-refractivity contribution is 8.18. The third-order valence-electron chi connectivity index (χ3n) is 5.78. The standard InChI is InChI=1S/C24H23N3O5S/c28-22(26-10-8-25(9-11-26)18-4-2-1-3-5-18)16-27-23(29)21(33-24(27)30)15-17-6-7-19-20(14-17)32-13-12-31-19/h1-7,14-15H,8-13,16H2/b21-15+. The number of fused-ring (bicyclic) bond motifs is 1. The van der Waals surface area contributed by atoms with E-state index in [9.17, 15) is 14.4 Å². The first kappa shape index (κ1) is 21.4. The first-order chi connectivity index (χ1) is 16.1. The van der Waals surface area contributed by atoms with Crippen molar-refractivity contribution < 1.29 is 23.9 Å². The van der Waals surface area contributed by atoms with Gasteiger partial charge in [-0.05, 0) is 47.7 Å². The van der Waals surface area contributed by atoms with E-state index < -0.39 is 11.1 Å². The number of thioether (sulfide) groups is 1. The van der Waals surface area contributed by atoms with Crippen molar-refractivity contribution in [3.63, 3.8) is 0 Å². The molecule has 9 heteroatoms. The van der Waals surface area contributed by atoms with Gasteiger partial charge in [-0.1, -0.05) is 24.3 Å². The van der Waals surface area contributed by atoms with Crippen LogP contribution in [0.1, 0.15) is 5.56 Å². The fourth-order valence-electron chi connectivity index (χ4n) is 4.03. The number of imide groups is 1. The van der Waals surface area contributed by atoms with Crippen molar-refractivity contribution in [1.29, 1.82) is 0 Å². The maximum absolute atomic E-state index is 12.8. The average Bonchev–Trinajstić information content (AvgIpc) is 3.12. The van der Waals surface area contributed by atoms with Gasteiger partial charge in [0.1, 0.15) is 19.8 Å². The molecule has 2 aromatic carbocycles. The van der Waals surface area contributed by atoms with Gasteiger partial charge in [0.15, 0.2) is 11.5 Å². The molecule has 8 nitrogen and oxygen atoms in total. The number of amides is 3. The molecule has 0 radical (unpaired) electrons. The highest BCUT2D eigenvalue weighted by Crippen LogP contribution is 2.35. The van der Waals surface area contributed by atoms with Crippen LogP contribution in [0.4, 0.5) is 10.5 Å². The van der Waals surface area contributed by atoms with Crippen molar-refractivity contribution in [1.82, 2.24) is 9.80 Å². The monoisotopic (exact) mass is 465 g/mol. The summed E-state index contributed by atoms with van der Waals surface area (Å²) in [6.45, 7) is 3.25. The van der Waals surface area contributed by atoms with E-state index in [2.05, 4.69) is 4.90 Å². The van der Waals surface area contributed by atoms with Crippen LogP contribution in [0.25, 0.3) is 6.08 Å². The van der Waals surface area contributed by atoms with Crippen molar-refractivity contribution in [3.05, 3.63) is 59.0 Å². The van der Waals surface area contributed by atoms with E-state index in [1.54, 1.807) is 29.2 Å². The van der Waals surface area contributed by atoms with Crippen LogP contribution >= 0.6 is 11.8 Å². The molecule has 0 N–H and O–H groups in total. The molecule has 3 amide bonds. The van der Waals surface area contributed by atoms with Gasteiger partial charge in [-0.25, -0.2) is 0 Å². The van der Waals surface area contributed by atoms with Crippen LogP contribution in [0, 0.1) is 0 Å². The van der Waals surface area contributed by atoms with Crippen LogP contribution in [0.15, 0.2) is 53.4 Å². The number of benzene rings is 2. The van der Waals surface area contributed by atoms with Gasteiger partial charge in [-0.15, -0.1) is 0 Å². The Morgan fingerprint density at radius 2 is 1.67 bits per heavy atom. The van der Waals surface area contributed by atoms with Gasteiger partial charge in [0.2, 0.25) is 5.91 Å². The summed E-state index contributed by atoms with van der Waals surface area (Å²) in [5.41, 5.74) is 1.85. The minimum Gasteiger partial charge on any atom is -0.486 e. The molecule has 0 unspecified atom stereocenters. The molecule has 0 bridgehead atoms. The third-order valence-corrected chi connectivity index (χ3v) is 6.69. The lowest BCUT2D eigenvalue weighted by Crippen LogP contribution is -2.51. The Morgan fingerprint density at radius 1 is 0.939 bits per heavy atom. The zero-order chi connectivity index (χ0) is 22.8. The molecule has 5 rings (SSSR count). The van der Waals surface area contributed by atoms with E-state index >= 15 is 0 Å². The maximum atomic E-state index is 12.8. The number of nitrogens with zero attached hydrogens (tertiary/aromatic N) is 3. The lowest BCUT2D eigenvalue weighted by Gasteiger charge is -2.36. The summed E-state index contributed by atoms with van der Waals surface area (Å²) in [5.74, 6) is 0.602. The Kier molecular flexibility index (Phi) is 5.95. The Labute approximate surface area is 195 Å². The number of hydrogen-bond donors (Lipinski definition) is 0. The number of hydrogen-bond acceptors (Lipinski definition) is 7. The molecule has 0 aromatic heterocycles. The van der Waals surface area contributed by atoms with E-state index in [4.69, 9.17) is 9.47 Å². The summed E-state index contributed by atoms with van der Waals surface area (Å²) < 4.78 is 11.1. The van der Waals surface area contributed by atoms with Gasteiger partial charge in [-0.2, -0.15) is 0 Å². The van der Waals surface area contributed by atoms with Gasteiger partial charge in [-0.3, -0.25) is 19.3 Å².